The van der Waals surface area contributed by atoms with Crippen LogP contribution in [0.5, 0.6) is 0 Å². The average molecular weight is 294 g/mol. The summed E-state index contributed by atoms with van der Waals surface area (Å²) < 4.78 is 0. The van der Waals surface area contributed by atoms with Crippen molar-refractivity contribution in [1.29, 1.82) is 0 Å². The molecule has 1 aromatic rings. The fourth-order valence-corrected chi connectivity index (χ4v) is 4.03. The molecule has 1 aromatic heterocycles. The van der Waals surface area contributed by atoms with Crippen LogP contribution >= 0.6 is 11.3 Å². The zero-order chi connectivity index (χ0) is 14.9. The third-order valence-electron chi connectivity index (χ3n) is 5.05. The summed E-state index contributed by atoms with van der Waals surface area (Å²) in [6, 6.07) is 4.40. The van der Waals surface area contributed by atoms with Gasteiger partial charge >= 0.3 is 0 Å². The molecule has 1 amide bonds. The van der Waals surface area contributed by atoms with Gasteiger partial charge in [-0.05, 0) is 43.2 Å². The molecule has 1 aliphatic carbocycles. The lowest BCUT2D eigenvalue weighted by Gasteiger charge is -2.46. The number of rotatable bonds is 3. The highest BCUT2D eigenvalue weighted by Gasteiger charge is 2.44. The van der Waals surface area contributed by atoms with Crippen molar-refractivity contribution in [2.24, 2.45) is 23.0 Å². The molecule has 3 atom stereocenters. The summed E-state index contributed by atoms with van der Waals surface area (Å²) in [5, 5.41) is 3.10. The molecule has 2 rings (SSSR count). The van der Waals surface area contributed by atoms with Crippen molar-refractivity contribution in [1.82, 2.24) is 5.32 Å². The van der Waals surface area contributed by atoms with Crippen LogP contribution in [0, 0.1) is 24.2 Å². The Morgan fingerprint density at radius 3 is 2.75 bits per heavy atom. The van der Waals surface area contributed by atoms with Crippen LogP contribution in [-0.2, 0) is 11.3 Å². The second-order valence-electron chi connectivity index (χ2n) is 6.63. The Morgan fingerprint density at radius 1 is 1.45 bits per heavy atom. The first-order chi connectivity index (χ1) is 9.32. The largest absolute Gasteiger partial charge is 0.351 e. The highest BCUT2D eigenvalue weighted by Crippen LogP contribution is 2.44. The predicted octanol–water partition coefficient (Wildman–Crippen LogP) is 3.07. The summed E-state index contributed by atoms with van der Waals surface area (Å²) in [5.74, 6) is 0.620. The van der Waals surface area contributed by atoms with E-state index in [0.717, 1.165) is 12.8 Å². The predicted molar refractivity (Wildman–Crippen MR) is 84.5 cm³/mol. The maximum atomic E-state index is 12.5. The lowest BCUT2D eigenvalue weighted by Crippen LogP contribution is -2.51. The molecule has 20 heavy (non-hydrogen) atoms. The van der Waals surface area contributed by atoms with Gasteiger partial charge in [-0.15, -0.1) is 11.3 Å². The van der Waals surface area contributed by atoms with E-state index in [0.29, 0.717) is 12.5 Å². The first-order valence-electron chi connectivity index (χ1n) is 7.41. The lowest BCUT2D eigenvalue weighted by atomic mass is 9.61. The van der Waals surface area contributed by atoms with Gasteiger partial charge in [-0.25, -0.2) is 0 Å². The first kappa shape index (κ1) is 15.5. The number of nitrogens with two attached hydrogens (primary N) is 1. The minimum Gasteiger partial charge on any atom is -0.351 e. The Morgan fingerprint density at radius 2 is 2.15 bits per heavy atom. The van der Waals surface area contributed by atoms with Gasteiger partial charge in [0.05, 0.1) is 6.54 Å². The minimum atomic E-state index is -0.0346. The highest BCUT2D eigenvalue weighted by molar-refractivity contribution is 7.11. The zero-order valence-electron chi connectivity index (χ0n) is 12.9. The van der Waals surface area contributed by atoms with E-state index in [1.54, 1.807) is 11.3 Å². The fourth-order valence-electron chi connectivity index (χ4n) is 3.20. The number of thiophene rings is 1. The van der Waals surface area contributed by atoms with Gasteiger partial charge in [-0.1, -0.05) is 20.8 Å². The van der Waals surface area contributed by atoms with Gasteiger partial charge < -0.3 is 11.1 Å². The van der Waals surface area contributed by atoms with Gasteiger partial charge in [0.2, 0.25) is 5.91 Å². The van der Waals surface area contributed by atoms with Crippen molar-refractivity contribution in [3.05, 3.63) is 21.9 Å². The Labute approximate surface area is 125 Å². The van der Waals surface area contributed by atoms with Crippen LogP contribution < -0.4 is 11.1 Å². The van der Waals surface area contributed by atoms with E-state index in [1.807, 2.05) is 0 Å². The second kappa shape index (κ2) is 5.86. The maximum absolute atomic E-state index is 12.5. The van der Waals surface area contributed by atoms with E-state index in [1.165, 1.54) is 9.75 Å². The number of amides is 1. The zero-order valence-corrected chi connectivity index (χ0v) is 13.7. The number of hydrogen-bond donors (Lipinski definition) is 2. The topological polar surface area (TPSA) is 55.1 Å². The molecule has 3 nitrogen and oxygen atoms in total. The molecule has 1 fully saturated rings. The number of hydrogen-bond acceptors (Lipinski definition) is 3. The van der Waals surface area contributed by atoms with E-state index < -0.39 is 0 Å². The Hall–Kier alpha value is -0.870. The molecular weight excluding hydrogens is 268 g/mol. The van der Waals surface area contributed by atoms with Gasteiger partial charge in [-0.3, -0.25) is 4.79 Å². The van der Waals surface area contributed by atoms with Gasteiger partial charge in [0, 0.05) is 21.7 Å². The molecule has 3 N–H and O–H groups in total. The molecule has 1 heterocycles. The summed E-state index contributed by atoms with van der Waals surface area (Å²) in [4.78, 5) is 15.0. The lowest BCUT2D eigenvalue weighted by molar-refractivity contribution is -0.132. The van der Waals surface area contributed by atoms with Crippen LogP contribution in [0.15, 0.2) is 12.1 Å². The normalized spacial score (nSPS) is 29.1. The van der Waals surface area contributed by atoms with E-state index in [9.17, 15) is 4.79 Å². The van der Waals surface area contributed by atoms with Gasteiger partial charge in [0.15, 0.2) is 0 Å². The van der Waals surface area contributed by atoms with Crippen molar-refractivity contribution >= 4 is 17.2 Å². The standard InChI is InChI=1S/C16H26N2OS/c1-10-5-6-12(20-10)9-18-15(19)13-7-8-14(17)11(2)16(13,3)4/h5-6,11,13-14H,7-9,17H2,1-4H3,(H,18,19). The Balaban J connectivity index is 1.98. The van der Waals surface area contributed by atoms with E-state index in [4.69, 9.17) is 5.73 Å². The molecule has 1 saturated carbocycles. The number of nitrogens with one attached hydrogen (secondary N) is 1. The molecule has 0 aromatic carbocycles. The van der Waals surface area contributed by atoms with Gasteiger partial charge in [0.25, 0.3) is 0 Å². The molecule has 0 bridgehead atoms. The molecule has 4 heteroatoms. The second-order valence-corrected chi connectivity index (χ2v) is 8.01. The van der Waals surface area contributed by atoms with Crippen molar-refractivity contribution < 1.29 is 4.79 Å². The van der Waals surface area contributed by atoms with Crippen LogP contribution in [0.1, 0.15) is 43.4 Å². The molecule has 0 aliphatic heterocycles. The molecule has 1 aliphatic rings. The monoisotopic (exact) mass is 294 g/mol. The summed E-state index contributed by atoms with van der Waals surface area (Å²) in [6.45, 7) is 9.26. The fraction of sp³-hybridized carbons (Fsp3) is 0.688. The molecule has 0 saturated heterocycles. The van der Waals surface area contributed by atoms with Gasteiger partial charge in [-0.2, -0.15) is 0 Å². The molecule has 0 spiro atoms. The van der Waals surface area contributed by atoms with Crippen LogP contribution in [0.4, 0.5) is 0 Å². The highest BCUT2D eigenvalue weighted by atomic mass is 32.1. The van der Waals surface area contributed by atoms with Crippen molar-refractivity contribution in [2.45, 2.75) is 53.1 Å². The van der Waals surface area contributed by atoms with E-state index >= 15 is 0 Å². The average Bonchev–Trinajstić information content (AvgIpc) is 2.79. The summed E-state index contributed by atoms with van der Waals surface area (Å²) in [5.41, 5.74) is 6.12. The molecule has 0 radical (unpaired) electrons. The maximum Gasteiger partial charge on any atom is 0.223 e. The number of carbonyl (C=O) groups excluding carboxylic acids is 1. The first-order valence-corrected chi connectivity index (χ1v) is 8.22. The van der Waals surface area contributed by atoms with E-state index in [-0.39, 0.29) is 23.3 Å². The van der Waals surface area contributed by atoms with Crippen LogP contribution in [-0.4, -0.2) is 11.9 Å². The van der Waals surface area contributed by atoms with Crippen LogP contribution in [0.2, 0.25) is 0 Å². The molecule has 112 valence electrons. The third kappa shape index (κ3) is 3.07. The molecule has 3 unspecified atom stereocenters. The minimum absolute atomic E-state index is 0.0346. The van der Waals surface area contributed by atoms with Crippen LogP contribution in [0.3, 0.4) is 0 Å². The Bertz CT molecular complexity index is 481. The van der Waals surface area contributed by atoms with Crippen molar-refractivity contribution in [3.8, 4) is 0 Å². The smallest absolute Gasteiger partial charge is 0.223 e. The van der Waals surface area contributed by atoms with E-state index in [2.05, 4.69) is 45.1 Å². The summed E-state index contributed by atoms with van der Waals surface area (Å²) in [7, 11) is 0. The molecular formula is C16H26N2OS. The number of carbonyl (C=O) groups is 1. The summed E-state index contributed by atoms with van der Waals surface area (Å²) in [6.07, 6.45) is 1.84. The van der Waals surface area contributed by atoms with Crippen molar-refractivity contribution in [3.63, 3.8) is 0 Å². The van der Waals surface area contributed by atoms with Crippen LogP contribution in [0.25, 0.3) is 0 Å². The Kier molecular flexibility index (Phi) is 4.55. The third-order valence-corrected chi connectivity index (χ3v) is 6.05. The number of aryl methyl sites for hydroxylation is 1. The summed E-state index contributed by atoms with van der Waals surface area (Å²) >= 11 is 1.74. The quantitative estimate of drug-likeness (QED) is 0.900. The SMILES string of the molecule is Cc1ccc(CNC(=O)C2CCC(N)C(C)C2(C)C)s1. The van der Waals surface area contributed by atoms with Gasteiger partial charge in [0.1, 0.15) is 0 Å². The van der Waals surface area contributed by atoms with Crippen molar-refractivity contribution in [2.75, 3.05) is 0 Å².